The molecule has 1 aliphatic rings. The third-order valence-electron chi connectivity index (χ3n) is 5.16. The van der Waals surface area contributed by atoms with E-state index in [0.29, 0.717) is 49.3 Å². The summed E-state index contributed by atoms with van der Waals surface area (Å²) in [5.74, 6) is 1.51. The maximum Gasteiger partial charge on any atom is 0.707 e. The van der Waals surface area contributed by atoms with E-state index in [1.165, 1.54) is 6.20 Å². The van der Waals surface area contributed by atoms with E-state index >= 15 is 0 Å². The minimum absolute atomic E-state index is 0.0177. The highest BCUT2D eigenvalue weighted by Crippen LogP contribution is 2.18. The van der Waals surface area contributed by atoms with Gasteiger partial charge in [-0.25, -0.2) is 9.97 Å². The van der Waals surface area contributed by atoms with Crippen LogP contribution in [-0.4, -0.2) is 69.3 Å². The molecule has 0 atom stereocenters. The van der Waals surface area contributed by atoms with Gasteiger partial charge in [0.1, 0.15) is 17.4 Å². The van der Waals surface area contributed by atoms with Crippen LogP contribution in [0.2, 0.25) is 0 Å². The molecule has 0 radical (unpaired) electrons. The second-order valence-electron chi connectivity index (χ2n) is 7.19. The van der Waals surface area contributed by atoms with Gasteiger partial charge in [-0.2, -0.15) is 0 Å². The molecule has 160 valence electrons. The van der Waals surface area contributed by atoms with Gasteiger partial charge in [-0.15, -0.1) is 0 Å². The Balaban J connectivity index is 1.30. The van der Waals surface area contributed by atoms with Crippen LogP contribution in [0.5, 0.6) is 5.75 Å². The van der Waals surface area contributed by atoms with Crippen molar-refractivity contribution in [3.05, 3.63) is 58.8 Å². The molecular weight excluding hydrogens is 401 g/mol. The van der Waals surface area contributed by atoms with Crippen LogP contribution in [0.15, 0.2) is 47.4 Å². The quantitative estimate of drug-likeness (QED) is 0.471. The number of nitrogens with zero attached hydrogens (tertiary/aromatic N) is 4. The summed E-state index contributed by atoms with van der Waals surface area (Å²) in [6, 6.07) is 10.5. The first-order chi connectivity index (χ1) is 15.0. The molecule has 11 heteroatoms. The molecule has 1 aliphatic heterocycles. The lowest BCUT2D eigenvalue weighted by Gasteiger charge is -2.35. The molecule has 4 rings (SSSR count). The van der Waals surface area contributed by atoms with Crippen LogP contribution in [0, 0.1) is 0 Å². The Morgan fingerprint density at radius 3 is 2.61 bits per heavy atom. The highest BCUT2D eigenvalue weighted by atomic mass is 16.6. The van der Waals surface area contributed by atoms with Crippen molar-refractivity contribution in [3.8, 4) is 5.75 Å². The minimum atomic E-state index is -1.88. The van der Waals surface area contributed by atoms with Gasteiger partial charge in [0.05, 0.1) is 17.1 Å². The molecule has 3 aromatic rings. The summed E-state index contributed by atoms with van der Waals surface area (Å²) >= 11 is 0. The number of aromatic nitrogens is 3. The summed E-state index contributed by atoms with van der Waals surface area (Å²) in [5, 5.41) is 18.2. The summed E-state index contributed by atoms with van der Waals surface area (Å²) in [6.07, 6.45) is 2.07. The number of aryl methyl sites for hydroxylation is 1. The maximum atomic E-state index is 12.6. The monoisotopic (exact) mass is 423 g/mol. The standard InChI is InChI=1S/C20H22BN5O5/c27-19(8-6-17-23-16-4-2-1-3-15(16)20(28)24-17)26-11-9-25(10-12-26)18-7-5-14(13-22-18)31-21(29)30/h1-5,7,13,29-30H,6,8-12H2,(H,23,24,28). The van der Waals surface area contributed by atoms with Crippen LogP contribution in [-0.2, 0) is 11.2 Å². The highest BCUT2D eigenvalue weighted by Gasteiger charge is 2.22. The molecule has 1 aromatic carbocycles. The molecule has 0 saturated carbocycles. The van der Waals surface area contributed by atoms with Crippen molar-refractivity contribution in [2.45, 2.75) is 12.8 Å². The van der Waals surface area contributed by atoms with E-state index in [9.17, 15) is 9.59 Å². The maximum absolute atomic E-state index is 12.6. The van der Waals surface area contributed by atoms with E-state index in [4.69, 9.17) is 14.7 Å². The SMILES string of the molecule is O=C(CCc1nc2ccccc2c(=O)[nH]1)N1CCN(c2ccc(OB(O)O)cn2)CC1. The molecular formula is C20H22BN5O5. The molecule has 0 unspecified atom stereocenters. The van der Waals surface area contributed by atoms with Crippen molar-refractivity contribution in [2.24, 2.45) is 0 Å². The Bertz CT molecular complexity index is 1110. The van der Waals surface area contributed by atoms with Crippen molar-refractivity contribution in [1.82, 2.24) is 19.9 Å². The second kappa shape index (κ2) is 9.15. The summed E-state index contributed by atoms with van der Waals surface area (Å²) in [6.45, 7) is 2.39. The fourth-order valence-electron chi connectivity index (χ4n) is 3.57. The number of para-hydroxylation sites is 1. The Morgan fingerprint density at radius 2 is 1.90 bits per heavy atom. The average Bonchev–Trinajstić information content (AvgIpc) is 2.78. The first-order valence-corrected chi connectivity index (χ1v) is 9.99. The predicted molar refractivity (Wildman–Crippen MR) is 115 cm³/mol. The molecule has 0 bridgehead atoms. The topological polar surface area (TPSA) is 132 Å². The normalized spacial score (nSPS) is 14.0. The number of aromatic amines is 1. The van der Waals surface area contributed by atoms with Crippen molar-refractivity contribution < 1.29 is 19.5 Å². The number of piperazine rings is 1. The summed E-state index contributed by atoms with van der Waals surface area (Å²) in [4.78, 5) is 40.1. The van der Waals surface area contributed by atoms with Crippen LogP contribution in [0.1, 0.15) is 12.2 Å². The van der Waals surface area contributed by atoms with Crippen molar-refractivity contribution in [3.63, 3.8) is 0 Å². The first kappa shape index (κ1) is 20.8. The predicted octanol–water partition coefficient (Wildman–Crippen LogP) is -0.0522. The Hall–Kier alpha value is -3.44. The number of fused-ring (bicyclic) bond motifs is 1. The van der Waals surface area contributed by atoms with Gasteiger partial charge in [0, 0.05) is 39.0 Å². The second-order valence-corrected chi connectivity index (χ2v) is 7.19. The van der Waals surface area contributed by atoms with E-state index in [1.807, 2.05) is 11.0 Å². The molecule has 3 N–H and O–H groups in total. The lowest BCUT2D eigenvalue weighted by atomic mass is 10.2. The van der Waals surface area contributed by atoms with E-state index in [2.05, 4.69) is 15.0 Å². The highest BCUT2D eigenvalue weighted by molar-refractivity contribution is 6.33. The molecule has 2 aromatic heterocycles. The van der Waals surface area contributed by atoms with Crippen LogP contribution in [0.25, 0.3) is 10.9 Å². The van der Waals surface area contributed by atoms with Gasteiger partial charge in [-0.3, -0.25) is 9.59 Å². The number of rotatable bonds is 6. The summed E-state index contributed by atoms with van der Waals surface area (Å²) in [5.41, 5.74) is 0.429. The molecule has 1 saturated heterocycles. The van der Waals surface area contributed by atoms with Crippen LogP contribution < -0.4 is 15.1 Å². The number of hydrogen-bond donors (Lipinski definition) is 3. The first-order valence-electron chi connectivity index (χ1n) is 9.99. The molecule has 10 nitrogen and oxygen atoms in total. The lowest BCUT2D eigenvalue weighted by molar-refractivity contribution is -0.131. The van der Waals surface area contributed by atoms with Crippen molar-refractivity contribution >= 4 is 29.9 Å². The van der Waals surface area contributed by atoms with E-state index in [0.717, 1.165) is 5.82 Å². The lowest BCUT2D eigenvalue weighted by Crippen LogP contribution is -2.49. The molecule has 31 heavy (non-hydrogen) atoms. The number of carbonyl (C=O) groups is 1. The van der Waals surface area contributed by atoms with Crippen LogP contribution in [0.4, 0.5) is 5.82 Å². The molecule has 1 fully saturated rings. The van der Waals surface area contributed by atoms with E-state index in [-0.39, 0.29) is 23.6 Å². The molecule has 0 spiro atoms. The van der Waals surface area contributed by atoms with Gasteiger partial charge >= 0.3 is 7.32 Å². The number of anilines is 1. The van der Waals surface area contributed by atoms with Crippen molar-refractivity contribution in [1.29, 1.82) is 0 Å². The van der Waals surface area contributed by atoms with Crippen LogP contribution >= 0.6 is 0 Å². The third kappa shape index (κ3) is 5.01. The molecule has 1 amide bonds. The fraction of sp³-hybridized carbons (Fsp3) is 0.300. The van der Waals surface area contributed by atoms with Gasteiger partial charge in [0.2, 0.25) is 5.91 Å². The zero-order valence-electron chi connectivity index (χ0n) is 16.8. The number of nitrogens with one attached hydrogen (secondary N) is 1. The largest absolute Gasteiger partial charge is 0.707 e. The number of H-pyrrole nitrogens is 1. The van der Waals surface area contributed by atoms with Gasteiger partial charge in [-0.05, 0) is 24.3 Å². The zero-order valence-corrected chi connectivity index (χ0v) is 16.8. The number of hydrogen-bond acceptors (Lipinski definition) is 8. The van der Waals surface area contributed by atoms with Gasteiger partial charge in [0.25, 0.3) is 5.56 Å². The number of pyridine rings is 1. The van der Waals surface area contributed by atoms with Crippen molar-refractivity contribution in [2.75, 3.05) is 31.1 Å². The number of carbonyl (C=O) groups excluding carboxylic acids is 1. The van der Waals surface area contributed by atoms with Gasteiger partial charge < -0.3 is 29.5 Å². The Kier molecular flexibility index (Phi) is 6.14. The fourth-order valence-corrected chi connectivity index (χ4v) is 3.57. The number of benzene rings is 1. The molecule has 0 aliphatic carbocycles. The van der Waals surface area contributed by atoms with E-state index < -0.39 is 7.32 Å². The van der Waals surface area contributed by atoms with E-state index in [1.54, 1.807) is 35.2 Å². The molecule has 3 heterocycles. The smallest absolute Gasteiger partial charge is 0.511 e. The minimum Gasteiger partial charge on any atom is -0.511 e. The summed E-state index contributed by atoms with van der Waals surface area (Å²) in [7, 11) is -1.88. The van der Waals surface area contributed by atoms with Gasteiger partial charge in [-0.1, -0.05) is 12.1 Å². The van der Waals surface area contributed by atoms with Gasteiger partial charge in [0.15, 0.2) is 0 Å². The third-order valence-corrected chi connectivity index (χ3v) is 5.16. The average molecular weight is 423 g/mol. The zero-order chi connectivity index (χ0) is 21.8. The van der Waals surface area contributed by atoms with Crippen LogP contribution in [0.3, 0.4) is 0 Å². The number of amides is 1. The Morgan fingerprint density at radius 1 is 1.13 bits per heavy atom. The summed E-state index contributed by atoms with van der Waals surface area (Å²) < 4.78 is 4.75. The Labute approximate surface area is 178 Å².